The molecule has 3 atom stereocenters. The van der Waals surface area contributed by atoms with E-state index in [9.17, 15) is 0 Å². The molecule has 0 aromatic rings. The second-order valence-electron chi connectivity index (χ2n) is 6.27. The lowest BCUT2D eigenvalue weighted by Gasteiger charge is -2.38. The van der Waals surface area contributed by atoms with Gasteiger partial charge in [0, 0.05) is 25.2 Å². The first-order valence-electron chi connectivity index (χ1n) is 7.79. The van der Waals surface area contributed by atoms with Gasteiger partial charge in [0.2, 0.25) is 0 Å². The molecule has 0 saturated carbocycles. The van der Waals surface area contributed by atoms with E-state index in [4.69, 9.17) is 4.74 Å². The minimum atomic E-state index is 0.460. The predicted octanol–water partition coefficient (Wildman–Crippen LogP) is 2.26. The highest BCUT2D eigenvalue weighted by Gasteiger charge is 2.27. The zero-order valence-corrected chi connectivity index (χ0v) is 12.3. The fraction of sp³-hybridized carbons (Fsp3) is 1.00. The van der Waals surface area contributed by atoms with E-state index in [0.29, 0.717) is 24.1 Å². The van der Waals surface area contributed by atoms with Crippen LogP contribution in [0.2, 0.25) is 0 Å². The molecule has 2 heterocycles. The fourth-order valence-electron chi connectivity index (χ4n) is 3.26. The van der Waals surface area contributed by atoms with E-state index >= 15 is 0 Å². The normalized spacial score (nSPS) is 35.0. The van der Waals surface area contributed by atoms with E-state index in [1.54, 1.807) is 0 Å². The molecule has 106 valence electrons. The number of likely N-dealkylation sites (N-methyl/N-ethyl adjacent to an activating group) is 1. The maximum atomic E-state index is 5.85. The molecule has 0 aliphatic carbocycles. The number of ether oxygens (including phenoxy) is 1. The van der Waals surface area contributed by atoms with Crippen molar-refractivity contribution in [3.8, 4) is 0 Å². The third-order valence-electron chi connectivity index (χ3n) is 4.48. The van der Waals surface area contributed by atoms with Gasteiger partial charge in [0.15, 0.2) is 0 Å². The van der Waals surface area contributed by atoms with Gasteiger partial charge in [0.25, 0.3) is 0 Å². The minimum absolute atomic E-state index is 0.460. The molecule has 2 aliphatic heterocycles. The maximum absolute atomic E-state index is 5.85. The van der Waals surface area contributed by atoms with Gasteiger partial charge in [-0.3, -0.25) is 0 Å². The SMILES string of the molecule is CCN1CCCC(NC2CCOC(C(C)C)C2)C1. The average Bonchev–Trinajstić information content (AvgIpc) is 2.39. The summed E-state index contributed by atoms with van der Waals surface area (Å²) >= 11 is 0. The summed E-state index contributed by atoms with van der Waals surface area (Å²) in [5, 5.41) is 3.89. The monoisotopic (exact) mass is 254 g/mol. The lowest BCUT2D eigenvalue weighted by atomic mass is 9.94. The number of nitrogens with zero attached hydrogens (tertiary/aromatic N) is 1. The fourth-order valence-corrected chi connectivity index (χ4v) is 3.26. The number of hydrogen-bond donors (Lipinski definition) is 1. The van der Waals surface area contributed by atoms with Crippen LogP contribution in [0.4, 0.5) is 0 Å². The topological polar surface area (TPSA) is 24.5 Å². The molecule has 2 rings (SSSR count). The van der Waals surface area contributed by atoms with E-state index in [1.807, 2.05) is 0 Å². The van der Waals surface area contributed by atoms with Crippen molar-refractivity contribution >= 4 is 0 Å². The molecule has 3 heteroatoms. The van der Waals surface area contributed by atoms with E-state index < -0.39 is 0 Å². The Morgan fingerprint density at radius 2 is 2.11 bits per heavy atom. The lowest BCUT2D eigenvalue weighted by molar-refractivity contribution is -0.0272. The third-order valence-corrected chi connectivity index (χ3v) is 4.48. The Hall–Kier alpha value is -0.120. The van der Waals surface area contributed by atoms with Crippen molar-refractivity contribution in [3.63, 3.8) is 0 Å². The van der Waals surface area contributed by atoms with Gasteiger partial charge in [-0.15, -0.1) is 0 Å². The predicted molar refractivity (Wildman–Crippen MR) is 75.9 cm³/mol. The summed E-state index contributed by atoms with van der Waals surface area (Å²) in [7, 11) is 0. The lowest BCUT2D eigenvalue weighted by Crippen LogP contribution is -2.51. The second kappa shape index (κ2) is 6.88. The van der Waals surface area contributed by atoms with Gasteiger partial charge in [0.1, 0.15) is 0 Å². The van der Waals surface area contributed by atoms with Crippen molar-refractivity contribution in [3.05, 3.63) is 0 Å². The van der Waals surface area contributed by atoms with Crippen LogP contribution < -0.4 is 5.32 Å². The molecule has 0 aromatic carbocycles. The van der Waals surface area contributed by atoms with E-state index in [0.717, 1.165) is 6.61 Å². The Labute approximate surface area is 112 Å². The summed E-state index contributed by atoms with van der Waals surface area (Å²) in [4.78, 5) is 2.57. The van der Waals surface area contributed by atoms with E-state index in [2.05, 4.69) is 31.0 Å². The van der Waals surface area contributed by atoms with Gasteiger partial charge in [0.05, 0.1) is 6.10 Å². The highest BCUT2D eigenvalue weighted by molar-refractivity contribution is 4.85. The van der Waals surface area contributed by atoms with Crippen molar-refractivity contribution in [1.29, 1.82) is 0 Å². The van der Waals surface area contributed by atoms with Crippen LogP contribution in [0.25, 0.3) is 0 Å². The summed E-state index contributed by atoms with van der Waals surface area (Å²) < 4.78 is 5.85. The van der Waals surface area contributed by atoms with Crippen LogP contribution in [0.3, 0.4) is 0 Å². The summed E-state index contributed by atoms with van der Waals surface area (Å²) in [6, 6.07) is 1.38. The van der Waals surface area contributed by atoms with Crippen molar-refractivity contribution < 1.29 is 4.74 Å². The van der Waals surface area contributed by atoms with Crippen LogP contribution in [-0.2, 0) is 4.74 Å². The molecule has 3 unspecified atom stereocenters. The summed E-state index contributed by atoms with van der Waals surface area (Å²) in [6.07, 6.45) is 5.54. The number of piperidine rings is 1. The molecule has 2 saturated heterocycles. The van der Waals surface area contributed by atoms with E-state index in [-0.39, 0.29) is 0 Å². The molecule has 1 N–H and O–H groups in total. The van der Waals surface area contributed by atoms with E-state index in [1.165, 1.54) is 45.3 Å². The van der Waals surface area contributed by atoms with Crippen molar-refractivity contribution in [2.24, 2.45) is 5.92 Å². The largest absolute Gasteiger partial charge is 0.378 e. The molecule has 2 fully saturated rings. The van der Waals surface area contributed by atoms with Crippen LogP contribution in [0.15, 0.2) is 0 Å². The Morgan fingerprint density at radius 1 is 1.28 bits per heavy atom. The van der Waals surface area contributed by atoms with Crippen molar-refractivity contribution in [2.75, 3.05) is 26.2 Å². The maximum Gasteiger partial charge on any atom is 0.0612 e. The zero-order valence-electron chi connectivity index (χ0n) is 12.3. The first kappa shape index (κ1) is 14.3. The van der Waals surface area contributed by atoms with Gasteiger partial charge >= 0.3 is 0 Å². The highest BCUT2D eigenvalue weighted by Crippen LogP contribution is 2.21. The zero-order chi connectivity index (χ0) is 13.0. The average molecular weight is 254 g/mol. The molecule has 18 heavy (non-hydrogen) atoms. The van der Waals surface area contributed by atoms with Crippen LogP contribution >= 0.6 is 0 Å². The molecule has 0 amide bonds. The number of likely N-dealkylation sites (tertiary alicyclic amines) is 1. The van der Waals surface area contributed by atoms with Gasteiger partial charge in [-0.05, 0) is 44.7 Å². The first-order valence-corrected chi connectivity index (χ1v) is 7.79. The molecule has 0 spiro atoms. The molecule has 3 nitrogen and oxygen atoms in total. The molecule has 2 aliphatic rings. The summed E-state index contributed by atoms with van der Waals surface area (Å²) in [5.41, 5.74) is 0. The molecular weight excluding hydrogens is 224 g/mol. The Bertz CT molecular complexity index is 245. The van der Waals surface area contributed by atoms with Crippen LogP contribution in [0.5, 0.6) is 0 Å². The Balaban J connectivity index is 1.78. The molecular formula is C15H30N2O. The quantitative estimate of drug-likeness (QED) is 0.833. The minimum Gasteiger partial charge on any atom is -0.378 e. The molecule has 0 aromatic heterocycles. The number of rotatable bonds is 4. The smallest absolute Gasteiger partial charge is 0.0612 e. The summed E-state index contributed by atoms with van der Waals surface area (Å²) in [6.45, 7) is 11.5. The number of hydrogen-bond acceptors (Lipinski definition) is 3. The van der Waals surface area contributed by atoms with Crippen molar-refractivity contribution in [1.82, 2.24) is 10.2 Å². The summed E-state index contributed by atoms with van der Waals surface area (Å²) in [5.74, 6) is 0.646. The third kappa shape index (κ3) is 3.94. The van der Waals surface area contributed by atoms with Crippen LogP contribution in [0.1, 0.15) is 46.5 Å². The number of nitrogens with one attached hydrogen (secondary N) is 1. The Morgan fingerprint density at radius 3 is 2.83 bits per heavy atom. The first-order chi connectivity index (χ1) is 8.69. The molecule has 0 bridgehead atoms. The standard InChI is InChI=1S/C15H30N2O/c1-4-17-8-5-6-14(11-17)16-13-7-9-18-15(10-13)12(2)3/h12-16H,4-11H2,1-3H3. The van der Waals surface area contributed by atoms with Crippen LogP contribution in [-0.4, -0.2) is 49.3 Å². The Kier molecular flexibility index (Phi) is 5.46. The van der Waals surface area contributed by atoms with Crippen molar-refractivity contribution in [2.45, 2.75) is 64.6 Å². The second-order valence-corrected chi connectivity index (χ2v) is 6.27. The molecule has 0 radical (unpaired) electrons. The van der Waals surface area contributed by atoms with Gasteiger partial charge < -0.3 is 15.0 Å². The van der Waals surface area contributed by atoms with Gasteiger partial charge in [-0.2, -0.15) is 0 Å². The highest BCUT2D eigenvalue weighted by atomic mass is 16.5. The van der Waals surface area contributed by atoms with Gasteiger partial charge in [-0.25, -0.2) is 0 Å². The van der Waals surface area contributed by atoms with Gasteiger partial charge in [-0.1, -0.05) is 20.8 Å². The van der Waals surface area contributed by atoms with Crippen LogP contribution in [0, 0.1) is 5.92 Å².